The average Bonchev–Trinajstić information content (AvgIpc) is 4.04. The molecule has 6 N–H and O–H groups in total. The van der Waals surface area contributed by atoms with Crippen LogP contribution in [0.1, 0.15) is 0 Å². The molecule has 1 unspecified atom stereocenters. The molecule has 0 bridgehead atoms. The second-order valence-corrected chi connectivity index (χ2v) is 17.1. The van der Waals surface area contributed by atoms with Gasteiger partial charge in [0.05, 0.1) is 32.7 Å². The van der Waals surface area contributed by atoms with Crippen molar-refractivity contribution in [3.8, 4) is 28.7 Å². The maximum Gasteiger partial charge on any atom is 0.296 e. The minimum absolute atomic E-state index is 0.0232. The molecule has 1 saturated heterocycles. The van der Waals surface area contributed by atoms with E-state index in [1.165, 1.54) is 69.9 Å². The van der Waals surface area contributed by atoms with Crippen LogP contribution in [0.2, 0.25) is 0 Å². The number of nitrogens with zero attached hydrogens (tertiary/aromatic N) is 6. The highest BCUT2D eigenvalue weighted by atomic mass is 32.2. The number of ether oxygens (including phenoxy) is 5. The van der Waals surface area contributed by atoms with Crippen LogP contribution < -0.4 is 24.7 Å². The van der Waals surface area contributed by atoms with Gasteiger partial charge in [0.1, 0.15) is 67.0 Å². The van der Waals surface area contributed by atoms with Crippen molar-refractivity contribution in [3.63, 3.8) is 0 Å². The Morgan fingerprint density at radius 2 is 1.08 bits per heavy atom. The molecule has 322 valence electrons. The van der Waals surface area contributed by atoms with E-state index in [2.05, 4.69) is 30.7 Å². The molecule has 1 aliphatic heterocycles. The monoisotopic (exact) mass is 909 g/mol. The Morgan fingerprint density at radius 1 is 0.581 bits per heavy atom. The first-order chi connectivity index (χ1) is 29.3. The van der Waals surface area contributed by atoms with Crippen LogP contribution in [0.5, 0.6) is 28.7 Å². The molecule has 6 aromatic carbocycles. The number of methoxy groups -OCH3 is 3. The summed E-state index contributed by atoms with van der Waals surface area (Å²) < 4.78 is 129. The first-order valence-electron chi connectivity index (χ1n) is 17.3. The Bertz CT molecular complexity index is 3250. The highest BCUT2D eigenvalue weighted by Gasteiger charge is 2.28. The molecule has 6 aromatic rings. The molecule has 22 nitrogen and oxygen atoms in total. The van der Waals surface area contributed by atoms with Gasteiger partial charge in [-0.05, 0) is 47.2 Å². The summed E-state index contributed by atoms with van der Waals surface area (Å²) in [6.07, 6.45) is -0.709. The molecule has 1 atom stereocenters. The Kier molecular flexibility index (Phi) is 11.5. The van der Waals surface area contributed by atoms with Crippen molar-refractivity contribution in [1.82, 2.24) is 0 Å². The largest absolute Gasteiger partial charge is 0.505 e. The molecule has 0 aliphatic carbocycles. The molecule has 1 aliphatic rings. The van der Waals surface area contributed by atoms with Crippen molar-refractivity contribution >= 4 is 91.7 Å². The second kappa shape index (κ2) is 16.5. The highest BCUT2D eigenvalue weighted by molar-refractivity contribution is 7.86. The zero-order valence-corrected chi connectivity index (χ0v) is 34.5. The first-order valence-corrected chi connectivity index (χ1v) is 21.7. The maximum atomic E-state index is 12.5. The molecular weight excluding hydrogens is 879 g/mol. The van der Waals surface area contributed by atoms with Gasteiger partial charge in [0.25, 0.3) is 30.4 Å². The third-order valence-electron chi connectivity index (χ3n) is 8.94. The number of phenols is 1. The minimum Gasteiger partial charge on any atom is -0.505 e. The molecule has 25 heteroatoms. The number of hydrogen-bond acceptors (Lipinski definition) is 19. The number of nitrogens with two attached hydrogens (primary N) is 1. The number of nitrogen functional groups attached to an aromatic ring is 1. The number of azo groups is 3. The van der Waals surface area contributed by atoms with E-state index in [4.69, 9.17) is 29.4 Å². The summed E-state index contributed by atoms with van der Waals surface area (Å²) in [6, 6.07) is 17.2. The zero-order chi connectivity index (χ0) is 44.7. The lowest BCUT2D eigenvalue weighted by atomic mass is 10.1. The van der Waals surface area contributed by atoms with E-state index in [9.17, 15) is 44.0 Å². The fourth-order valence-electron chi connectivity index (χ4n) is 5.98. The summed E-state index contributed by atoms with van der Waals surface area (Å²) in [5.41, 5.74) is 5.28. The molecule has 0 spiro atoms. The van der Waals surface area contributed by atoms with Crippen molar-refractivity contribution in [2.45, 2.75) is 21.0 Å². The van der Waals surface area contributed by atoms with Gasteiger partial charge < -0.3 is 34.5 Å². The Morgan fingerprint density at radius 3 is 1.61 bits per heavy atom. The second-order valence-electron chi connectivity index (χ2n) is 12.9. The average molecular weight is 910 g/mol. The van der Waals surface area contributed by atoms with Crippen LogP contribution in [-0.2, 0) is 35.1 Å². The SMILES string of the molecule is COc1cc(N=Nc2cc(OC3CO3)c(N=Nc3c(S(=O)(=O)O)cc4cc(S(=O)(=O)O)c(N)cc4c3O)cc2OC)c(OC)cc1N=Nc1ccc2c(S(=O)(=O)O)cccc2c1. The first kappa shape index (κ1) is 43.2. The number of hydrogen-bond donors (Lipinski definition) is 5. The van der Waals surface area contributed by atoms with Gasteiger partial charge in [-0.2, -0.15) is 30.4 Å². The van der Waals surface area contributed by atoms with E-state index < -0.39 is 63.6 Å². The molecule has 0 aromatic heterocycles. The Balaban J connectivity index is 1.23. The fourth-order valence-corrected chi connectivity index (χ4v) is 7.99. The third-order valence-corrected chi connectivity index (χ3v) is 11.6. The van der Waals surface area contributed by atoms with E-state index in [0.29, 0.717) is 16.5 Å². The summed E-state index contributed by atoms with van der Waals surface area (Å²) in [4.78, 5) is -1.99. The molecule has 7 rings (SSSR count). The predicted octanol–water partition coefficient (Wildman–Crippen LogP) is 8.03. The van der Waals surface area contributed by atoms with E-state index in [0.717, 1.165) is 18.2 Å². The number of fused-ring (bicyclic) bond motifs is 2. The molecule has 1 fully saturated rings. The van der Waals surface area contributed by atoms with Crippen LogP contribution >= 0.6 is 0 Å². The van der Waals surface area contributed by atoms with Gasteiger partial charge >= 0.3 is 0 Å². The Hall–Kier alpha value is -6.87. The van der Waals surface area contributed by atoms with E-state index in [1.54, 1.807) is 12.1 Å². The van der Waals surface area contributed by atoms with Gasteiger partial charge in [0.2, 0.25) is 6.29 Å². The molecule has 0 saturated carbocycles. The predicted molar refractivity (Wildman–Crippen MR) is 219 cm³/mol. The normalized spacial score (nSPS) is 14.6. The number of aromatic hydroxyl groups is 1. The minimum atomic E-state index is -5.14. The summed E-state index contributed by atoms with van der Waals surface area (Å²) in [5, 5.41) is 36.6. The smallest absolute Gasteiger partial charge is 0.296 e. The van der Waals surface area contributed by atoms with Crippen LogP contribution in [0.15, 0.2) is 124 Å². The molecule has 1 heterocycles. The van der Waals surface area contributed by atoms with Crippen LogP contribution in [0, 0.1) is 0 Å². The number of benzene rings is 6. The van der Waals surface area contributed by atoms with Crippen molar-refractivity contribution < 1.29 is 67.7 Å². The topological polar surface area (TPSA) is 333 Å². The fraction of sp³-hybridized carbons (Fsp3) is 0.135. The van der Waals surface area contributed by atoms with Gasteiger partial charge in [0, 0.05) is 35.0 Å². The quantitative estimate of drug-likeness (QED) is 0.0299. The van der Waals surface area contributed by atoms with E-state index in [1.807, 2.05) is 0 Å². The van der Waals surface area contributed by atoms with Crippen molar-refractivity contribution in [3.05, 3.63) is 78.9 Å². The summed E-state index contributed by atoms with van der Waals surface area (Å²) in [7, 11) is -10.4. The number of phenolic OH excluding ortho intramolecular Hbond substituents is 1. The number of anilines is 1. The molecule has 0 radical (unpaired) electrons. The standard InChI is InChI=1S/C37H31N7O15S3/c1-55-28-14-25(29(56-2)13-24(28)40-39-20-7-8-21-18(9-20)5-4-6-32(21)60(46,47)48)41-42-26-16-31(59-35-17-58-35)27(15-30(26)57-3)43-44-36-34(62(52,53)54)11-19-10-33(61(49,50)51)23(38)12-22(19)37(36)45/h4-16,35,45H,17,38H2,1-3H3,(H,46,47,48)(H,49,50,51)(H,52,53,54). The van der Waals surface area contributed by atoms with Gasteiger partial charge in [-0.1, -0.05) is 18.2 Å². The van der Waals surface area contributed by atoms with Gasteiger partial charge in [-0.15, -0.1) is 25.6 Å². The van der Waals surface area contributed by atoms with Gasteiger partial charge in [-0.3, -0.25) is 13.7 Å². The van der Waals surface area contributed by atoms with Crippen molar-refractivity contribution in [1.29, 1.82) is 0 Å². The van der Waals surface area contributed by atoms with Crippen LogP contribution in [0.25, 0.3) is 21.5 Å². The maximum absolute atomic E-state index is 12.5. The number of rotatable bonds is 14. The lowest BCUT2D eigenvalue weighted by Crippen LogP contribution is -2.04. The van der Waals surface area contributed by atoms with E-state index in [-0.39, 0.29) is 68.0 Å². The number of epoxide rings is 1. The molecular formula is C37H31N7O15S3. The summed E-state index contributed by atoms with van der Waals surface area (Å²) in [6.45, 7) is 0.210. The summed E-state index contributed by atoms with van der Waals surface area (Å²) >= 11 is 0. The van der Waals surface area contributed by atoms with Crippen molar-refractivity contribution in [2.75, 3.05) is 33.7 Å². The zero-order valence-electron chi connectivity index (χ0n) is 32.1. The lowest BCUT2D eigenvalue weighted by molar-refractivity contribution is 0.180. The Labute approximate surface area is 351 Å². The highest BCUT2D eigenvalue weighted by Crippen LogP contribution is 2.47. The molecule has 0 amide bonds. The van der Waals surface area contributed by atoms with E-state index >= 15 is 0 Å². The third kappa shape index (κ3) is 9.08. The summed E-state index contributed by atoms with van der Waals surface area (Å²) in [5.74, 6) is -0.443. The van der Waals surface area contributed by atoms with Crippen LogP contribution in [-0.4, -0.2) is 78.2 Å². The van der Waals surface area contributed by atoms with Crippen LogP contribution in [0.3, 0.4) is 0 Å². The van der Waals surface area contributed by atoms with Gasteiger partial charge in [0.15, 0.2) is 11.5 Å². The van der Waals surface area contributed by atoms with Gasteiger partial charge in [-0.25, -0.2) is 0 Å². The van der Waals surface area contributed by atoms with Crippen LogP contribution in [0.4, 0.5) is 39.8 Å². The molecule has 62 heavy (non-hydrogen) atoms. The van der Waals surface area contributed by atoms with Crippen molar-refractivity contribution in [2.24, 2.45) is 30.7 Å². The lowest BCUT2D eigenvalue weighted by Gasteiger charge is -2.12.